The van der Waals surface area contributed by atoms with Gasteiger partial charge < -0.3 is 14.6 Å². The van der Waals surface area contributed by atoms with E-state index >= 15 is 0 Å². The molecular weight excluding hydrogens is 442 g/mol. The molecule has 1 amide bonds. The molecule has 0 radical (unpaired) electrons. The van der Waals surface area contributed by atoms with Gasteiger partial charge in [0.1, 0.15) is 0 Å². The molecule has 3 aromatic rings. The standard InChI is InChI=1S/C24H25N3O5S/c1-14-10-17-11-15(5-7-22(17)27(14)33(3,30)31)23(28)26-9-8-21-19(13-26)18-12-16(24(29)32-2)4-6-20(18)25-21/h4-7,11-12,14,25H,8-10,13H2,1-3H3. The van der Waals surface area contributed by atoms with Crippen LogP contribution < -0.4 is 4.31 Å². The lowest BCUT2D eigenvalue weighted by Gasteiger charge is -2.27. The Morgan fingerprint density at radius 3 is 2.61 bits per heavy atom. The molecule has 0 fully saturated rings. The molecule has 5 rings (SSSR count). The van der Waals surface area contributed by atoms with Crippen LogP contribution in [-0.2, 0) is 34.1 Å². The maximum atomic E-state index is 13.4. The van der Waals surface area contributed by atoms with Crippen LogP contribution >= 0.6 is 0 Å². The van der Waals surface area contributed by atoms with Crippen molar-refractivity contribution in [2.24, 2.45) is 0 Å². The second-order valence-corrected chi connectivity index (χ2v) is 10.6. The van der Waals surface area contributed by atoms with Gasteiger partial charge in [-0.1, -0.05) is 0 Å². The first-order chi connectivity index (χ1) is 15.7. The van der Waals surface area contributed by atoms with Gasteiger partial charge in [-0.2, -0.15) is 0 Å². The van der Waals surface area contributed by atoms with Gasteiger partial charge in [-0.05, 0) is 55.3 Å². The van der Waals surface area contributed by atoms with Crippen molar-refractivity contribution in [3.05, 3.63) is 64.3 Å². The Labute approximate surface area is 192 Å². The number of amides is 1. The van der Waals surface area contributed by atoms with Gasteiger partial charge in [0.15, 0.2) is 0 Å². The summed E-state index contributed by atoms with van der Waals surface area (Å²) < 4.78 is 30.6. The average molecular weight is 468 g/mol. The van der Waals surface area contributed by atoms with Gasteiger partial charge >= 0.3 is 5.97 Å². The van der Waals surface area contributed by atoms with E-state index in [0.29, 0.717) is 42.7 Å². The second-order valence-electron chi connectivity index (χ2n) is 8.77. The molecule has 2 aliphatic rings. The molecule has 1 aromatic heterocycles. The molecule has 9 heteroatoms. The third-order valence-corrected chi connectivity index (χ3v) is 7.79. The number of benzene rings is 2. The number of ether oxygens (including phenoxy) is 1. The molecule has 2 aromatic carbocycles. The van der Waals surface area contributed by atoms with Gasteiger partial charge in [-0.3, -0.25) is 9.10 Å². The van der Waals surface area contributed by atoms with Crippen LogP contribution in [0.25, 0.3) is 10.9 Å². The van der Waals surface area contributed by atoms with Crippen LogP contribution in [0.15, 0.2) is 36.4 Å². The lowest BCUT2D eigenvalue weighted by atomic mass is 10.0. The minimum atomic E-state index is -3.38. The van der Waals surface area contributed by atoms with Crippen LogP contribution in [0.3, 0.4) is 0 Å². The van der Waals surface area contributed by atoms with Crippen molar-refractivity contribution in [2.45, 2.75) is 32.4 Å². The molecule has 33 heavy (non-hydrogen) atoms. The average Bonchev–Trinajstić information content (AvgIpc) is 3.32. The molecule has 1 atom stereocenters. The van der Waals surface area contributed by atoms with E-state index in [4.69, 9.17) is 4.74 Å². The number of sulfonamides is 1. The van der Waals surface area contributed by atoms with Crippen molar-refractivity contribution in [3.8, 4) is 0 Å². The third-order valence-electron chi connectivity index (χ3n) is 6.52. The number of H-pyrrole nitrogens is 1. The predicted octanol–water partition coefficient (Wildman–Crippen LogP) is 2.86. The highest BCUT2D eigenvalue weighted by Gasteiger charge is 2.33. The van der Waals surface area contributed by atoms with Crippen LogP contribution in [0.4, 0.5) is 5.69 Å². The number of anilines is 1. The minimum absolute atomic E-state index is 0.0904. The van der Waals surface area contributed by atoms with Crippen LogP contribution in [-0.4, -0.2) is 56.1 Å². The summed E-state index contributed by atoms with van der Waals surface area (Å²) in [5.41, 5.74) is 5.54. The molecule has 1 N–H and O–H groups in total. The summed E-state index contributed by atoms with van der Waals surface area (Å²) in [7, 11) is -2.02. The molecule has 3 heterocycles. The molecule has 0 saturated carbocycles. The molecule has 0 aliphatic carbocycles. The largest absolute Gasteiger partial charge is 0.465 e. The smallest absolute Gasteiger partial charge is 0.337 e. The number of carbonyl (C=O) groups excluding carboxylic acids is 2. The van der Waals surface area contributed by atoms with Crippen molar-refractivity contribution < 1.29 is 22.7 Å². The molecule has 2 aliphatic heterocycles. The van der Waals surface area contributed by atoms with Gasteiger partial charge in [0.05, 0.1) is 24.6 Å². The Morgan fingerprint density at radius 1 is 1.12 bits per heavy atom. The van der Waals surface area contributed by atoms with Crippen LogP contribution in [0, 0.1) is 0 Å². The number of nitrogens with one attached hydrogen (secondary N) is 1. The van der Waals surface area contributed by atoms with E-state index in [0.717, 1.165) is 27.7 Å². The number of esters is 1. The molecule has 0 saturated heterocycles. The fourth-order valence-electron chi connectivity index (χ4n) is 5.06. The van der Waals surface area contributed by atoms with E-state index in [1.54, 1.807) is 29.2 Å². The summed E-state index contributed by atoms with van der Waals surface area (Å²) in [6.07, 6.45) is 2.47. The van der Waals surface area contributed by atoms with Gasteiger partial charge in [0.25, 0.3) is 5.91 Å². The SMILES string of the molecule is COC(=O)c1ccc2[nH]c3c(c2c1)CN(C(=O)c1ccc2c(c1)CC(C)N2S(C)(=O)=O)CC3. The van der Waals surface area contributed by atoms with E-state index in [9.17, 15) is 18.0 Å². The van der Waals surface area contributed by atoms with E-state index in [2.05, 4.69) is 4.98 Å². The fourth-order valence-corrected chi connectivity index (χ4v) is 6.32. The Hall–Kier alpha value is -3.33. The third kappa shape index (κ3) is 3.56. The van der Waals surface area contributed by atoms with E-state index in [1.807, 2.05) is 19.1 Å². The number of aromatic nitrogens is 1. The van der Waals surface area contributed by atoms with Crippen molar-refractivity contribution in [2.75, 3.05) is 24.2 Å². The zero-order chi connectivity index (χ0) is 23.5. The van der Waals surface area contributed by atoms with Gasteiger partial charge in [-0.15, -0.1) is 0 Å². The first-order valence-corrected chi connectivity index (χ1v) is 12.7. The second kappa shape index (κ2) is 7.62. The molecule has 0 bridgehead atoms. The zero-order valence-electron chi connectivity index (χ0n) is 18.7. The van der Waals surface area contributed by atoms with Crippen LogP contribution in [0.5, 0.6) is 0 Å². The molecule has 1 unspecified atom stereocenters. The summed E-state index contributed by atoms with van der Waals surface area (Å²) >= 11 is 0. The van der Waals surface area contributed by atoms with Crippen molar-refractivity contribution in [3.63, 3.8) is 0 Å². The van der Waals surface area contributed by atoms with E-state index < -0.39 is 16.0 Å². The quantitative estimate of drug-likeness (QED) is 0.597. The van der Waals surface area contributed by atoms with Crippen molar-refractivity contribution in [1.82, 2.24) is 9.88 Å². The molecule has 0 spiro atoms. The lowest BCUT2D eigenvalue weighted by molar-refractivity contribution is 0.0600. The number of fused-ring (bicyclic) bond motifs is 4. The Bertz CT molecular complexity index is 1410. The molecule has 8 nitrogen and oxygen atoms in total. The highest BCUT2D eigenvalue weighted by molar-refractivity contribution is 7.92. The molecular formula is C24H25N3O5S. The van der Waals surface area contributed by atoms with Gasteiger partial charge in [0.2, 0.25) is 10.0 Å². The molecule has 172 valence electrons. The summed E-state index contributed by atoms with van der Waals surface area (Å²) in [6, 6.07) is 10.5. The number of rotatable bonds is 3. The maximum absolute atomic E-state index is 13.4. The number of methoxy groups -OCH3 is 1. The number of aromatic amines is 1. The Morgan fingerprint density at radius 2 is 1.88 bits per heavy atom. The first kappa shape index (κ1) is 21.5. The van der Waals surface area contributed by atoms with Crippen molar-refractivity contribution >= 4 is 38.5 Å². The Balaban J connectivity index is 1.44. The number of hydrogen-bond acceptors (Lipinski definition) is 5. The van der Waals surface area contributed by atoms with Crippen LogP contribution in [0.2, 0.25) is 0 Å². The van der Waals surface area contributed by atoms with Crippen molar-refractivity contribution in [1.29, 1.82) is 0 Å². The highest BCUT2D eigenvalue weighted by atomic mass is 32.2. The summed E-state index contributed by atoms with van der Waals surface area (Å²) in [4.78, 5) is 30.5. The van der Waals surface area contributed by atoms with E-state index in [1.165, 1.54) is 17.7 Å². The van der Waals surface area contributed by atoms with Gasteiger partial charge in [0, 0.05) is 53.3 Å². The summed E-state index contributed by atoms with van der Waals surface area (Å²) in [6.45, 7) is 2.88. The number of hydrogen-bond donors (Lipinski definition) is 1. The minimum Gasteiger partial charge on any atom is -0.465 e. The fraction of sp³-hybridized carbons (Fsp3) is 0.333. The monoisotopic (exact) mass is 467 g/mol. The zero-order valence-corrected chi connectivity index (χ0v) is 19.5. The first-order valence-electron chi connectivity index (χ1n) is 10.8. The topological polar surface area (TPSA) is 99.8 Å². The van der Waals surface area contributed by atoms with E-state index in [-0.39, 0.29) is 11.9 Å². The summed E-state index contributed by atoms with van der Waals surface area (Å²) in [5, 5.41) is 0.914. The van der Waals surface area contributed by atoms with Crippen LogP contribution in [0.1, 0.15) is 44.5 Å². The lowest BCUT2D eigenvalue weighted by Crippen LogP contribution is -2.36. The highest BCUT2D eigenvalue weighted by Crippen LogP contribution is 2.35. The van der Waals surface area contributed by atoms with Gasteiger partial charge in [-0.25, -0.2) is 13.2 Å². The normalized spacial score (nSPS) is 17.7. The predicted molar refractivity (Wildman–Crippen MR) is 125 cm³/mol. The summed E-state index contributed by atoms with van der Waals surface area (Å²) in [5.74, 6) is -0.488. The number of nitrogens with zero attached hydrogens (tertiary/aromatic N) is 2. The number of carbonyl (C=O) groups is 2. The maximum Gasteiger partial charge on any atom is 0.337 e. The Kier molecular flexibility index (Phi) is 4.97.